The second-order valence-electron chi connectivity index (χ2n) is 6.62. The van der Waals surface area contributed by atoms with Crippen molar-refractivity contribution in [1.82, 2.24) is 29.7 Å². The number of nitrogens with one attached hydrogen (secondary N) is 3. The molecule has 0 aliphatic heterocycles. The van der Waals surface area contributed by atoms with Gasteiger partial charge in [0.1, 0.15) is 11.6 Å². The Hall–Kier alpha value is -3.71. The highest BCUT2D eigenvalue weighted by Gasteiger charge is 2.17. The number of carbonyl (C=O) groups excluding carboxylic acids is 1. The van der Waals surface area contributed by atoms with Gasteiger partial charge in [-0.15, -0.1) is 21.5 Å². The van der Waals surface area contributed by atoms with Crippen LogP contribution in [0.4, 0.5) is 5.13 Å². The lowest BCUT2D eigenvalue weighted by Gasteiger charge is -2.11. The molecule has 3 N–H and O–H groups in total. The van der Waals surface area contributed by atoms with E-state index in [2.05, 4.69) is 30.5 Å². The lowest BCUT2D eigenvalue weighted by molar-refractivity contribution is -0.113. The number of H-pyrrole nitrogens is 2. The predicted molar refractivity (Wildman–Crippen MR) is 124 cm³/mol. The lowest BCUT2D eigenvalue weighted by atomic mass is 10.2. The van der Waals surface area contributed by atoms with Crippen molar-refractivity contribution in [1.29, 1.82) is 0 Å². The van der Waals surface area contributed by atoms with Gasteiger partial charge in [0.25, 0.3) is 5.56 Å². The van der Waals surface area contributed by atoms with Crippen LogP contribution in [-0.2, 0) is 11.2 Å². The Morgan fingerprint density at radius 1 is 1.21 bits per heavy atom. The Balaban J connectivity index is 1.61. The predicted octanol–water partition coefficient (Wildman–Crippen LogP) is 1.82. The Morgan fingerprint density at radius 2 is 2.03 bits per heavy atom. The van der Waals surface area contributed by atoms with Gasteiger partial charge >= 0.3 is 5.69 Å². The molecule has 0 atom stereocenters. The van der Waals surface area contributed by atoms with Gasteiger partial charge in [-0.3, -0.25) is 19.1 Å². The number of hydrogen-bond donors (Lipinski definition) is 3. The summed E-state index contributed by atoms with van der Waals surface area (Å²) in [5.74, 6) is 1.07. The first-order chi connectivity index (χ1) is 16.0. The number of thiazole rings is 1. The third-order valence-corrected chi connectivity index (χ3v) is 5.90. The van der Waals surface area contributed by atoms with Crippen LogP contribution in [0.2, 0.25) is 0 Å². The van der Waals surface area contributed by atoms with Gasteiger partial charge in [-0.05, 0) is 31.2 Å². The van der Waals surface area contributed by atoms with Gasteiger partial charge < -0.3 is 15.0 Å². The zero-order valence-corrected chi connectivity index (χ0v) is 19.0. The summed E-state index contributed by atoms with van der Waals surface area (Å²) in [6.45, 7) is 2.45. The monoisotopic (exact) mass is 485 g/mol. The smallest absolute Gasteiger partial charge is 0.325 e. The maximum absolute atomic E-state index is 12.3. The molecular weight excluding hydrogens is 466 g/mol. The molecule has 0 saturated heterocycles. The molecular formula is C20H19N7O4S2. The molecule has 33 heavy (non-hydrogen) atoms. The molecule has 0 unspecified atom stereocenters. The van der Waals surface area contributed by atoms with Gasteiger partial charge in [-0.2, -0.15) is 0 Å². The first-order valence-electron chi connectivity index (χ1n) is 9.84. The molecule has 0 bridgehead atoms. The van der Waals surface area contributed by atoms with Crippen molar-refractivity contribution in [3.63, 3.8) is 0 Å². The largest absolute Gasteiger partial charge is 0.494 e. The zero-order chi connectivity index (χ0) is 23.2. The van der Waals surface area contributed by atoms with E-state index in [9.17, 15) is 14.4 Å². The molecule has 170 valence electrons. The van der Waals surface area contributed by atoms with Crippen molar-refractivity contribution >= 4 is 34.1 Å². The van der Waals surface area contributed by atoms with Crippen LogP contribution in [0.15, 0.2) is 56.7 Å². The van der Waals surface area contributed by atoms with Crippen LogP contribution < -0.4 is 21.3 Å². The fraction of sp³-hybridized carbons (Fsp3) is 0.200. The third-order valence-electron chi connectivity index (χ3n) is 4.28. The Morgan fingerprint density at radius 3 is 2.73 bits per heavy atom. The molecule has 1 amide bonds. The molecule has 11 nitrogen and oxygen atoms in total. The van der Waals surface area contributed by atoms with E-state index in [0.717, 1.165) is 5.69 Å². The summed E-state index contributed by atoms with van der Waals surface area (Å²) in [5.41, 5.74) is 0.0299. The Labute approximate surface area is 195 Å². The minimum Gasteiger partial charge on any atom is -0.494 e. The molecule has 0 aliphatic rings. The van der Waals surface area contributed by atoms with E-state index in [-0.39, 0.29) is 18.1 Å². The van der Waals surface area contributed by atoms with E-state index < -0.39 is 11.2 Å². The lowest BCUT2D eigenvalue weighted by Crippen LogP contribution is -2.23. The molecule has 3 heterocycles. The highest BCUT2D eigenvalue weighted by Crippen LogP contribution is 2.25. The maximum atomic E-state index is 12.3. The van der Waals surface area contributed by atoms with Crippen molar-refractivity contribution in [2.24, 2.45) is 0 Å². The minimum absolute atomic E-state index is 0.0938. The van der Waals surface area contributed by atoms with Crippen LogP contribution in [0.3, 0.4) is 0 Å². The van der Waals surface area contributed by atoms with E-state index in [1.165, 1.54) is 29.2 Å². The number of carbonyl (C=O) groups is 1. The highest BCUT2D eigenvalue weighted by molar-refractivity contribution is 7.99. The molecule has 0 fully saturated rings. The summed E-state index contributed by atoms with van der Waals surface area (Å²) in [4.78, 5) is 44.4. The summed E-state index contributed by atoms with van der Waals surface area (Å²) >= 11 is 2.54. The summed E-state index contributed by atoms with van der Waals surface area (Å²) in [6, 6.07) is 8.63. The zero-order valence-electron chi connectivity index (χ0n) is 17.4. The van der Waals surface area contributed by atoms with Crippen LogP contribution >= 0.6 is 23.1 Å². The third kappa shape index (κ3) is 5.75. The summed E-state index contributed by atoms with van der Waals surface area (Å²) in [5, 5.41) is 14.0. The number of benzene rings is 1. The Kier molecular flexibility index (Phi) is 7.00. The number of aromatic nitrogens is 6. The van der Waals surface area contributed by atoms with Gasteiger partial charge in [0.2, 0.25) is 5.91 Å². The second kappa shape index (κ2) is 10.3. The average Bonchev–Trinajstić information content (AvgIpc) is 3.42. The van der Waals surface area contributed by atoms with Crippen molar-refractivity contribution < 1.29 is 9.53 Å². The quantitative estimate of drug-likeness (QED) is 0.304. The molecule has 1 aromatic carbocycles. The fourth-order valence-corrected chi connectivity index (χ4v) is 4.30. The first kappa shape index (κ1) is 22.5. The molecule has 3 aromatic heterocycles. The van der Waals surface area contributed by atoms with Gasteiger partial charge in [0.15, 0.2) is 10.3 Å². The summed E-state index contributed by atoms with van der Waals surface area (Å²) in [6.07, 6.45) is 1.77. The molecule has 4 rings (SSSR count). The first-order valence-corrected chi connectivity index (χ1v) is 11.7. The second-order valence-corrected chi connectivity index (χ2v) is 8.46. The van der Waals surface area contributed by atoms with Crippen molar-refractivity contribution in [2.75, 3.05) is 17.7 Å². The van der Waals surface area contributed by atoms with Gasteiger partial charge in [-0.25, -0.2) is 9.78 Å². The SMILES string of the molecule is CCOc1ccc(-n2c(Cc3cc(=O)[nH]c(=O)[nH]3)nnc2SCC(=O)Nc2nccs2)cc1. The number of aromatic amines is 2. The van der Waals surface area contributed by atoms with Crippen LogP contribution in [0.25, 0.3) is 5.69 Å². The number of rotatable bonds is 9. The molecule has 13 heteroatoms. The molecule has 0 radical (unpaired) electrons. The van der Waals surface area contributed by atoms with Crippen LogP contribution in [-0.4, -0.2) is 48.0 Å². The van der Waals surface area contributed by atoms with Crippen molar-refractivity contribution in [2.45, 2.75) is 18.5 Å². The van der Waals surface area contributed by atoms with E-state index in [1.54, 1.807) is 16.1 Å². The van der Waals surface area contributed by atoms with Gasteiger partial charge in [-0.1, -0.05) is 11.8 Å². The van der Waals surface area contributed by atoms with Crippen LogP contribution in [0.5, 0.6) is 5.75 Å². The van der Waals surface area contributed by atoms with Crippen LogP contribution in [0.1, 0.15) is 18.4 Å². The Bertz CT molecular complexity index is 1320. The van der Waals surface area contributed by atoms with E-state index in [1.807, 2.05) is 31.2 Å². The van der Waals surface area contributed by atoms with Crippen molar-refractivity contribution in [3.05, 3.63) is 74.3 Å². The fourth-order valence-electron chi connectivity index (χ4n) is 2.98. The molecule has 0 saturated carbocycles. The number of thioether (sulfide) groups is 1. The standard InChI is InChI=1S/C20H19N7O4S2/c1-2-31-14-5-3-13(4-6-14)27-15(9-12-10-16(28)23-18(30)22-12)25-26-20(27)33-11-17(29)24-19-21-7-8-32-19/h3-8,10H,2,9,11H2,1H3,(H,21,24,29)(H2,22,23,28,30). The topological polar surface area (TPSA) is 148 Å². The molecule has 0 spiro atoms. The molecule has 0 aliphatic carbocycles. The van der Waals surface area contributed by atoms with E-state index >= 15 is 0 Å². The van der Waals surface area contributed by atoms with Crippen molar-refractivity contribution in [3.8, 4) is 11.4 Å². The van der Waals surface area contributed by atoms with E-state index in [0.29, 0.717) is 34.2 Å². The minimum atomic E-state index is -0.599. The van der Waals surface area contributed by atoms with Gasteiger partial charge in [0, 0.05) is 35.4 Å². The molecule has 4 aromatic rings. The highest BCUT2D eigenvalue weighted by atomic mass is 32.2. The summed E-state index contributed by atoms with van der Waals surface area (Å²) < 4.78 is 7.28. The maximum Gasteiger partial charge on any atom is 0.325 e. The number of ether oxygens (including phenoxy) is 1. The van der Waals surface area contributed by atoms with Gasteiger partial charge in [0.05, 0.1) is 12.4 Å². The normalized spacial score (nSPS) is 10.8. The number of anilines is 1. The number of nitrogens with zero attached hydrogens (tertiary/aromatic N) is 4. The van der Waals surface area contributed by atoms with Crippen LogP contribution in [0, 0.1) is 0 Å². The van der Waals surface area contributed by atoms with E-state index in [4.69, 9.17) is 4.74 Å². The average molecular weight is 486 g/mol. The summed E-state index contributed by atoms with van der Waals surface area (Å²) in [7, 11) is 0. The number of hydrogen-bond acceptors (Lipinski definition) is 9. The number of amides is 1.